The molecule has 22 heavy (non-hydrogen) atoms. The molecule has 0 amide bonds. The third-order valence-electron chi connectivity index (χ3n) is 3.47. The Labute approximate surface area is 130 Å². The summed E-state index contributed by atoms with van der Waals surface area (Å²) in [6.45, 7) is 2.44. The average Bonchev–Trinajstić information content (AvgIpc) is 3.16. The second kappa shape index (κ2) is 6.12. The van der Waals surface area contributed by atoms with Crippen LogP contribution in [0.25, 0.3) is 0 Å². The van der Waals surface area contributed by atoms with Crippen LogP contribution in [0.2, 0.25) is 0 Å². The lowest BCUT2D eigenvalue weighted by atomic mass is 10.2. The zero-order valence-electron chi connectivity index (χ0n) is 11.7. The molecule has 1 fully saturated rings. The van der Waals surface area contributed by atoms with Gasteiger partial charge in [-0.2, -0.15) is 13.2 Å². The molecule has 0 unspecified atom stereocenters. The molecule has 0 bridgehead atoms. The number of anilines is 2. The summed E-state index contributed by atoms with van der Waals surface area (Å²) >= 11 is 0.615. The van der Waals surface area contributed by atoms with Gasteiger partial charge in [0, 0.05) is 25.8 Å². The van der Waals surface area contributed by atoms with Gasteiger partial charge in [-0.25, -0.2) is 9.97 Å². The second-order valence-corrected chi connectivity index (χ2v) is 6.13. The van der Waals surface area contributed by atoms with Crippen molar-refractivity contribution in [2.45, 2.75) is 25.6 Å². The molecule has 3 rings (SSSR count). The molecule has 8 heteroatoms. The van der Waals surface area contributed by atoms with Crippen molar-refractivity contribution in [1.29, 1.82) is 0 Å². The van der Waals surface area contributed by atoms with Gasteiger partial charge in [-0.05, 0) is 30.5 Å². The van der Waals surface area contributed by atoms with Crippen LogP contribution in [-0.2, 0) is 12.7 Å². The predicted molar refractivity (Wildman–Crippen MR) is 80.1 cm³/mol. The Morgan fingerprint density at radius 3 is 2.68 bits per heavy atom. The Morgan fingerprint density at radius 1 is 1.23 bits per heavy atom. The number of pyridine rings is 1. The van der Waals surface area contributed by atoms with Crippen molar-refractivity contribution in [3.8, 4) is 0 Å². The van der Waals surface area contributed by atoms with E-state index in [1.807, 2.05) is 12.1 Å². The van der Waals surface area contributed by atoms with Crippen LogP contribution in [0.4, 0.5) is 24.1 Å². The van der Waals surface area contributed by atoms with Gasteiger partial charge in [-0.1, -0.05) is 11.3 Å². The van der Waals surface area contributed by atoms with Crippen molar-refractivity contribution >= 4 is 22.3 Å². The number of alkyl halides is 3. The molecule has 118 valence electrons. The quantitative estimate of drug-likeness (QED) is 0.927. The third-order valence-corrected chi connectivity index (χ3v) is 4.47. The minimum Gasteiger partial charge on any atom is -0.357 e. The van der Waals surface area contributed by atoms with E-state index >= 15 is 0 Å². The van der Waals surface area contributed by atoms with Crippen LogP contribution in [0, 0.1) is 0 Å². The van der Waals surface area contributed by atoms with E-state index in [-0.39, 0.29) is 5.13 Å². The molecule has 3 heterocycles. The first-order valence-corrected chi connectivity index (χ1v) is 7.81. The van der Waals surface area contributed by atoms with Crippen LogP contribution >= 0.6 is 11.3 Å². The highest BCUT2D eigenvalue weighted by molar-refractivity contribution is 7.15. The maximum atomic E-state index is 12.5. The molecule has 1 aliphatic rings. The second-order valence-electron chi connectivity index (χ2n) is 5.10. The normalized spacial score (nSPS) is 15.3. The number of thiazole rings is 1. The number of hydrogen-bond donors (Lipinski definition) is 1. The highest BCUT2D eigenvalue weighted by Crippen LogP contribution is 2.35. The van der Waals surface area contributed by atoms with Crippen molar-refractivity contribution in [3.63, 3.8) is 0 Å². The summed E-state index contributed by atoms with van der Waals surface area (Å²) in [4.78, 5) is 9.63. The lowest BCUT2D eigenvalue weighted by Gasteiger charge is -2.16. The van der Waals surface area contributed by atoms with Crippen molar-refractivity contribution in [2.24, 2.45) is 0 Å². The van der Waals surface area contributed by atoms with E-state index in [1.54, 1.807) is 6.20 Å². The zero-order chi connectivity index (χ0) is 15.6. The highest BCUT2D eigenvalue weighted by atomic mass is 32.1. The van der Waals surface area contributed by atoms with Crippen LogP contribution in [0.1, 0.15) is 23.3 Å². The molecule has 0 radical (unpaired) electrons. The number of aromatic nitrogens is 2. The molecule has 0 spiro atoms. The molecule has 0 aliphatic carbocycles. The largest absolute Gasteiger partial charge is 0.427 e. The lowest BCUT2D eigenvalue weighted by Crippen LogP contribution is -2.19. The molecule has 0 atom stereocenters. The monoisotopic (exact) mass is 328 g/mol. The number of nitrogens with zero attached hydrogens (tertiary/aromatic N) is 3. The van der Waals surface area contributed by atoms with E-state index in [0.29, 0.717) is 17.9 Å². The van der Waals surface area contributed by atoms with E-state index < -0.39 is 11.1 Å². The van der Waals surface area contributed by atoms with E-state index in [0.717, 1.165) is 30.7 Å². The Kier molecular flexibility index (Phi) is 4.19. The number of rotatable bonds is 4. The first kappa shape index (κ1) is 15.1. The highest BCUT2D eigenvalue weighted by Gasteiger charge is 2.33. The summed E-state index contributed by atoms with van der Waals surface area (Å²) in [5.74, 6) is 0.923. The average molecular weight is 328 g/mol. The molecule has 1 N–H and O–H groups in total. The molecule has 0 saturated carbocycles. The summed E-state index contributed by atoms with van der Waals surface area (Å²) < 4.78 is 37.6. The molecule has 1 saturated heterocycles. The van der Waals surface area contributed by atoms with Gasteiger partial charge in [-0.15, -0.1) is 0 Å². The maximum absolute atomic E-state index is 12.5. The smallest absolute Gasteiger partial charge is 0.357 e. The van der Waals surface area contributed by atoms with Gasteiger partial charge >= 0.3 is 6.18 Å². The van der Waals surface area contributed by atoms with Gasteiger partial charge < -0.3 is 10.2 Å². The van der Waals surface area contributed by atoms with Gasteiger partial charge in [0.25, 0.3) is 0 Å². The van der Waals surface area contributed by atoms with Crippen LogP contribution in [0.5, 0.6) is 0 Å². The van der Waals surface area contributed by atoms with Crippen molar-refractivity contribution < 1.29 is 13.2 Å². The van der Waals surface area contributed by atoms with Crippen molar-refractivity contribution in [2.75, 3.05) is 23.3 Å². The topological polar surface area (TPSA) is 41.1 Å². The fourth-order valence-electron chi connectivity index (χ4n) is 2.35. The first-order chi connectivity index (χ1) is 10.5. The summed E-state index contributed by atoms with van der Waals surface area (Å²) in [6.07, 6.45) is 0.590. The van der Waals surface area contributed by atoms with Crippen LogP contribution < -0.4 is 10.2 Å². The number of nitrogens with one attached hydrogen (secondary N) is 1. The Balaban J connectivity index is 1.64. The van der Waals surface area contributed by atoms with Gasteiger partial charge in [0.05, 0.1) is 6.20 Å². The minimum absolute atomic E-state index is 0.270. The first-order valence-electron chi connectivity index (χ1n) is 6.99. The summed E-state index contributed by atoms with van der Waals surface area (Å²) in [7, 11) is 0. The molecular formula is C14H15F3N4S. The number of halogens is 3. The van der Waals surface area contributed by atoms with E-state index in [1.165, 1.54) is 12.8 Å². The van der Waals surface area contributed by atoms with Gasteiger partial charge in [0.15, 0.2) is 5.13 Å². The van der Waals surface area contributed by atoms with Gasteiger partial charge in [-0.3, -0.25) is 0 Å². The van der Waals surface area contributed by atoms with E-state index in [2.05, 4.69) is 20.2 Å². The van der Waals surface area contributed by atoms with Crippen LogP contribution in [0.15, 0.2) is 24.5 Å². The molecule has 4 nitrogen and oxygen atoms in total. The lowest BCUT2D eigenvalue weighted by molar-refractivity contribution is -0.134. The van der Waals surface area contributed by atoms with E-state index in [9.17, 15) is 13.2 Å². The summed E-state index contributed by atoms with van der Waals surface area (Å²) in [5, 5.41) is 3.20. The predicted octanol–water partition coefficient (Wildman–Crippen LogP) is 3.77. The van der Waals surface area contributed by atoms with Crippen molar-refractivity contribution in [1.82, 2.24) is 9.97 Å². The fraction of sp³-hybridized carbons (Fsp3) is 0.429. The Morgan fingerprint density at radius 2 is 2.00 bits per heavy atom. The molecule has 1 aliphatic heterocycles. The maximum Gasteiger partial charge on any atom is 0.427 e. The molecule has 2 aromatic heterocycles. The zero-order valence-corrected chi connectivity index (χ0v) is 12.5. The minimum atomic E-state index is -4.34. The van der Waals surface area contributed by atoms with Crippen molar-refractivity contribution in [3.05, 3.63) is 35.0 Å². The van der Waals surface area contributed by atoms with E-state index in [4.69, 9.17) is 0 Å². The summed E-state index contributed by atoms with van der Waals surface area (Å²) in [5.41, 5.74) is 0.973. The SMILES string of the molecule is FC(F)(F)c1cnc(NCc2ccnc(N3CCCC3)c2)s1. The van der Waals surface area contributed by atoms with Crippen LogP contribution in [-0.4, -0.2) is 23.1 Å². The Bertz CT molecular complexity index is 635. The molecular weight excluding hydrogens is 313 g/mol. The standard InChI is InChI=1S/C14H15F3N4S/c15-14(16,17)11-9-20-13(22-11)19-8-10-3-4-18-12(7-10)21-5-1-2-6-21/h3-4,7,9H,1-2,5-6,8H2,(H,19,20). The summed E-state index contributed by atoms with van der Waals surface area (Å²) in [6, 6.07) is 3.82. The molecule has 2 aromatic rings. The fourth-order valence-corrected chi connectivity index (χ4v) is 3.03. The van der Waals surface area contributed by atoms with Gasteiger partial charge in [0.2, 0.25) is 0 Å². The number of hydrogen-bond acceptors (Lipinski definition) is 5. The Hall–Kier alpha value is -1.83. The third kappa shape index (κ3) is 3.49. The van der Waals surface area contributed by atoms with Crippen LogP contribution in [0.3, 0.4) is 0 Å². The molecule has 0 aromatic carbocycles. The van der Waals surface area contributed by atoms with Gasteiger partial charge in [0.1, 0.15) is 10.7 Å².